The quantitative estimate of drug-likeness (QED) is 0.711. The number of methoxy groups -OCH3 is 1. The summed E-state index contributed by atoms with van der Waals surface area (Å²) in [6, 6.07) is 4.20. The van der Waals surface area contributed by atoms with Gasteiger partial charge in [-0.2, -0.15) is 5.10 Å². The number of rotatable bonds is 5. The summed E-state index contributed by atoms with van der Waals surface area (Å²) < 4.78 is 21.1. The van der Waals surface area contributed by atoms with Gasteiger partial charge < -0.3 is 15.4 Å². The van der Waals surface area contributed by atoms with Crippen LogP contribution in [0.1, 0.15) is 61.0 Å². The second-order valence-corrected chi connectivity index (χ2v) is 10.2. The van der Waals surface area contributed by atoms with E-state index in [2.05, 4.69) is 5.10 Å². The van der Waals surface area contributed by atoms with Crippen LogP contribution in [0.15, 0.2) is 18.2 Å². The van der Waals surface area contributed by atoms with Gasteiger partial charge in [0.15, 0.2) is 0 Å². The lowest BCUT2D eigenvalue weighted by molar-refractivity contribution is -0.146. The van der Waals surface area contributed by atoms with E-state index in [9.17, 15) is 14.0 Å². The molecule has 2 N–H and O–H groups in total. The molecule has 1 aromatic heterocycles. The first kappa shape index (κ1) is 22.3. The van der Waals surface area contributed by atoms with Gasteiger partial charge in [0.1, 0.15) is 11.5 Å². The van der Waals surface area contributed by atoms with Gasteiger partial charge in [0.2, 0.25) is 5.91 Å². The number of benzene rings is 1. The predicted molar refractivity (Wildman–Crippen MR) is 121 cm³/mol. The minimum absolute atomic E-state index is 0.0124. The van der Waals surface area contributed by atoms with Gasteiger partial charge in [-0.15, -0.1) is 0 Å². The van der Waals surface area contributed by atoms with Crippen LogP contribution in [0.4, 0.5) is 4.39 Å². The van der Waals surface area contributed by atoms with E-state index in [1.54, 1.807) is 11.8 Å². The highest BCUT2D eigenvalue weighted by molar-refractivity contribution is 6.31. The number of fused-ring (bicyclic) bond motifs is 4. The fraction of sp³-hybridized carbons (Fsp3) is 0.542. The van der Waals surface area contributed by atoms with Crippen LogP contribution in [0.2, 0.25) is 5.02 Å². The number of nitrogens with two attached hydrogens (primary N) is 1. The van der Waals surface area contributed by atoms with Crippen LogP contribution in [-0.2, 0) is 22.6 Å². The Morgan fingerprint density at radius 1 is 1.18 bits per heavy atom. The van der Waals surface area contributed by atoms with Crippen LogP contribution >= 0.6 is 11.6 Å². The van der Waals surface area contributed by atoms with Crippen LogP contribution in [0.25, 0.3) is 11.3 Å². The Bertz CT molecular complexity index is 1110. The maximum absolute atomic E-state index is 13.6. The highest BCUT2D eigenvalue weighted by Gasteiger charge is 2.50. The first-order valence-corrected chi connectivity index (χ1v) is 11.8. The molecule has 3 saturated carbocycles. The fourth-order valence-electron chi connectivity index (χ4n) is 5.87. The Hall–Kier alpha value is -2.45. The number of hydrogen-bond donors (Lipinski definition) is 1. The maximum Gasteiger partial charge on any atom is 0.252 e. The molecule has 176 valence electrons. The van der Waals surface area contributed by atoms with Crippen molar-refractivity contribution >= 4 is 23.4 Å². The summed E-state index contributed by atoms with van der Waals surface area (Å²) in [5, 5.41) is 4.51. The van der Waals surface area contributed by atoms with Gasteiger partial charge in [0, 0.05) is 25.6 Å². The first-order chi connectivity index (χ1) is 15.7. The summed E-state index contributed by atoms with van der Waals surface area (Å²) in [4.78, 5) is 27.5. The second-order valence-electron chi connectivity index (χ2n) is 9.77. The van der Waals surface area contributed by atoms with E-state index in [-0.39, 0.29) is 34.1 Å². The molecule has 3 aliphatic carbocycles. The third kappa shape index (κ3) is 3.83. The molecule has 7 nitrogen and oxygen atoms in total. The van der Waals surface area contributed by atoms with Crippen molar-refractivity contribution in [3.05, 3.63) is 40.3 Å². The Morgan fingerprint density at radius 3 is 2.48 bits per heavy atom. The van der Waals surface area contributed by atoms with Crippen LogP contribution in [-0.4, -0.2) is 45.8 Å². The molecule has 3 fully saturated rings. The molecular formula is C24H28ClFN4O3. The third-order valence-corrected chi connectivity index (χ3v) is 8.35. The number of hydrogen-bond acceptors (Lipinski definition) is 4. The van der Waals surface area contributed by atoms with Gasteiger partial charge >= 0.3 is 0 Å². The number of carbonyl (C=O) groups excluding carboxylic acids is 2. The lowest BCUT2D eigenvalue weighted by atomic mass is 9.57. The number of amides is 2. The maximum atomic E-state index is 13.6. The zero-order valence-electron chi connectivity index (χ0n) is 18.7. The minimum atomic E-state index is -0.630. The summed E-state index contributed by atoms with van der Waals surface area (Å²) in [6.45, 7) is 1.26. The smallest absolute Gasteiger partial charge is 0.252 e. The average molecular weight is 475 g/mol. The zero-order chi connectivity index (χ0) is 23.4. The monoisotopic (exact) mass is 474 g/mol. The molecule has 9 heteroatoms. The highest BCUT2D eigenvalue weighted by atomic mass is 35.5. The molecule has 0 radical (unpaired) electrons. The van der Waals surface area contributed by atoms with Gasteiger partial charge in [-0.25, -0.2) is 4.39 Å². The molecular weight excluding hydrogens is 447 g/mol. The van der Waals surface area contributed by atoms with Crippen molar-refractivity contribution in [2.24, 2.45) is 11.1 Å². The summed E-state index contributed by atoms with van der Waals surface area (Å²) in [7, 11) is 1.80. The van der Waals surface area contributed by atoms with Crippen molar-refractivity contribution in [2.75, 3.05) is 13.7 Å². The number of halogens is 2. The van der Waals surface area contributed by atoms with Gasteiger partial charge in [0.05, 0.1) is 35.0 Å². The van der Waals surface area contributed by atoms with Crippen LogP contribution in [0, 0.1) is 11.2 Å². The third-order valence-electron chi connectivity index (χ3n) is 8.06. The molecule has 2 heterocycles. The highest BCUT2D eigenvalue weighted by Crippen LogP contribution is 2.55. The molecule has 1 aromatic carbocycles. The van der Waals surface area contributed by atoms with E-state index in [1.165, 1.54) is 18.2 Å². The molecule has 2 aromatic rings. The van der Waals surface area contributed by atoms with E-state index in [1.807, 2.05) is 4.90 Å². The first-order valence-electron chi connectivity index (χ1n) is 11.4. The Balaban J connectivity index is 1.37. The molecule has 33 heavy (non-hydrogen) atoms. The molecule has 0 unspecified atom stereocenters. The summed E-state index contributed by atoms with van der Waals surface area (Å²) in [5.74, 6) is -1.07. The number of carbonyl (C=O) groups is 2. The predicted octanol–water partition coefficient (Wildman–Crippen LogP) is 3.91. The molecule has 0 atom stereocenters. The summed E-state index contributed by atoms with van der Waals surface area (Å²) in [5.41, 5.74) is 7.53. The van der Waals surface area contributed by atoms with Gasteiger partial charge in [0.25, 0.3) is 5.91 Å². The van der Waals surface area contributed by atoms with Crippen molar-refractivity contribution in [3.8, 4) is 11.3 Å². The lowest BCUT2D eigenvalue weighted by Crippen LogP contribution is -2.49. The normalized spacial score (nSPS) is 26.3. The molecule has 2 amide bonds. The van der Waals surface area contributed by atoms with E-state index >= 15 is 0 Å². The van der Waals surface area contributed by atoms with Crippen LogP contribution in [0.5, 0.6) is 0 Å². The van der Waals surface area contributed by atoms with Crippen molar-refractivity contribution in [1.29, 1.82) is 0 Å². The largest absolute Gasteiger partial charge is 0.378 e. The van der Waals surface area contributed by atoms with E-state index in [4.69, 9.17) is 22.1 Å². The summed E-state index contributed by atoms with van der Waals surface area (Å²) in [6.07, 6.45) is 6.60. The number of aromatic nitrogens is 2. The molecule has 2 bridgehead atoms. The average Bonchev–Trinajstić information content (AvgIpc) is 3.21. The van der Waals surface area contributed by atoms with E-state index < -0.39 is 11.7 Å². The SMILES string of the molecule is COC12CCC(CC(=O)N3CCn4nc(-c5ccc(F)c(Cl)c5)c(C(N)=O)c4C3)(CC1)CC2. The lowest BCUT2D eigenvalue weighted by Gasteiger charge is -2.52. The van der Waals surface area contributed by atoms with Crippen molar-refractivity contribution in [3.63, 3.8) is 0 Å². The molecule has 0 saturated heterocycles. The zero-order valence-corrected chi connectivity index (χ0v) is 19.5. The second kappa shape index (κ2) is 8.09. The summed E-state index contributed by atoms with van der Waals surface area (Å²) >= 11 is 5.94. The van der Waals surface area contributed by atoms with Crippen molar-refractivity contribution in [2.45, 2.75) is 63.6 Å². The Kier molecular flexibility index (Phi) is 5.48. The number of primary amides is 1. The van der Waals surface area contributed by atoms with Crippen molar-refractivity contribution in [1.82, 2.24) is 14.7 Å². The number of nitrogens with zero attached hydrogens (tertiary/aromatic N) is 3. The van der Waals surface area contributed by atoms with E-state index in [0.29, 0.717) is 36.5 Å². The van der Waals surface area contributed by atoms with E-state index in [0.717, 1.165) is 38.5 Å². The van der Waals surface area contributed by atoms with Crippen LogP contribution < -0.4 is 5.73 Å². The molecule has 0 spiro atoms. The Morgan fingerprint density at radius 2 is 1.88 bits per heavy atom. The van der Waals surface area contributed by atoms with Gasteiger partial charge in [-0.3, -0.25) is 14.3 Å². The van der Waals surface area contributed by atoms with Crippen molar-refractivity contribution < 1.29 is 18.7 Å². The van der Waals surface area contributed by atoms with Gasteiger partial charge in [-0.1, -0.05) is 11.6 Å². The molecule has 6 rings (SSSR count). The topological polar surface area (TPSA) is 90.4 Å². The molecule has 1 aliphatic heterocycles. The number of ether oxygens (including phenoxy) is 1. The van der Waals surface area contributed by atoms with Crippen LogP contribution in [0.3, 0.4) is 0 Å². The molecule has 4 aliphatic rings. The van der Waals surface area contributed by atoms with Gasteiger partial charge in [-0.05, 0) is 62.1 Å². The standard InChI is InChI=1S/C24H28ClFN4O3/c1-33-24-7-4-23(5-8-24,6-9-24)13-19(31)29-10-11-30-18(14-29)20(22(27)32)21(28-30)15-2-3-17(26)16(25)12-15/h2-3,12H,4-11,13-14H2,1H3,(H2,27,32). The Labute approximate surface area is 197 Å². The minimum Gasteiger partial charge on any atom is -0.378 e. The fourth-order valence-corrected chi connectivity index (χ4v) is 6.05.